The fraction of sp³-hybridized carbons (Fsp3) is 0.667. The zero-order valence-electron chi connectivity index (χ0n) is 10.6. The molecule has 1 aliphatic heterocycles. The molecule has 5 heteroatoms. The fourth-order valence-electron chi connectivity index (χ4n) is 2.12. The Morgan fingerprint density at radius 2 is 1.82 bits per heavy atom. The van der Waals surface area contributed by atoms with Crippen LogP contribution in [0.3, 0.4) is 0 Å². The van der Waals surface area contributed by atoms with Crippen molar-refractivity contribution in [2.75, 3.05) is 36.8 Å². The van der Waals surface area contributed by atoms with Crippen LogP contribution in [0.15, 0.2) is 12.4 Å². The third-order valence-corrected chi connectivity index (χ3v) is 3.47. The average molecular weight is 235 g/mol. The first-order valence-corrected chi connectivity index (χ1v) is 6.27. The summed E-state index contributed by atoms with van der Waals surface area (Å²) in [5.41, 5.74) is 6.20. The molecule has 0 aromatic carbocycles. The van der Waals surface area contributed by atoms with Crippen molar-refractivity contribution in [2.24, 2.45) is 0 Å². The second-order valence-electron chi connectivity index (χ2n) is 4.60. The van der Waals surface area contributed by atoms with Gasteiger partial charge < -0.3 is 10.6 Å². The molecule has 1 unspecified atom stereocenters. The van der Waals surface area contributed by atoms with E-state index in [9.17, 15) is 0 Å². The normalized spacial score (nSPS) is 19.3. The van der Waals surface area contributed by atoms with Gasteiger partial charge in [0.05, 0.1) is 18.1 Å². The number of aromatic nitrogens is 2. The number of anilines is 2. The molecule has 0 saturated carbocycles. The van der Waals surface area contributed by atoms with E-state index in [4.69, 9.17) is 5.73 Å². The minimum Gasteiger partial charge on any atom is -0.396 e. The van der Waals surface area contributed by atoms with Crippen molar-refractivity contribution >= 4 is 11.6 Å². The van der Waals surface area contributed by atoms with Crippen LogP contribution in [0.4, 0.5) is 11.6 Å². The second kappa shape index (κ2) is 5.31. The monoisotopic (exact) mass is 235 g/mol. The van der Waals surface area contributed by atoms with Crippen molar-refractivity contribution in [3.8, 4) is 0 Å². The van der Waals surface area contributed by atoms with Gasteiger partial charge in [0.15, 0.2) is 0 Å². The number of hydrogen-bond acceptors (Lipinski definition) is 5. The first kappa shape index (κ1) is 12.1. The molecule has 5 nitrogen and oxygen atoms in total. The van der Waals surface area contributed by atoms with Crippen LogP contribution in [0.5, 0.6) is 0 Å². The van der Waals surface area contributed by atoms with Crippen LogP contribution in [0.25, 0.3) is 0 Å². The lowest BCUT2D eigenvalue weighted by Gasteiger charge is -2.37. The number of piperazine rings is 1. The molecule has 94 valence electrons. The molecule has 2 N–H and O–H groups in total. The van der Waals surface area contributed by atoms with E-state index in [1.807, 2.05) is 0 Å². The fourth-order valence-corrected chi connectivity index (χ4v) is 2.12. The van der Waals surface area contributed by atoms with Gasteiger partial charge in [0, 0.05) is 32.2 Å². The summed E-state index contributed by atoms with van der Waals surface area (Å²) < 4.78 is 0. The molecule has 0 aliphatic carbocycles. The van der Waals surface area contributed by atoms with Gasteiger partial charge in [-0.25, -0.2) is 9.97 Å². The van der Waals surface area contributed by atoms with E-state index in [0.29, 0.717) is 11.7 Å². The predicted molar refractivity (Wildman–Crippen MR) is 70.0 cm³/mol. The van der Waals surface area contributed by atoms with Crippen LogP contribution in [-0.4, -0.2) is 47.1 Å². The van der Waals surface area contributed by atoms with Crippen molar-refractivity contribution in [3.63, 3.8) is 0 Å². The molecule has 0 spiro atoms. The Kier molecular flexibility index (Phi) is 3.78. The Bertz CT molecular complexity index is 342. The Morgan fingerprint density at radius 1 is 1.24 bits per heavy atom. The summed E-state index contributed by atoms with van der Waals surface area (Å²) in [6.45, 7) is 8.68. The molecular weight excluding hydrogens is 214 g/mol. The first-order chi connectivity index (χ1) is 8.20. The van der Waals surface area contributed by atoms with E-state index in [-0.39, 0.29) is 0 Å². The van der Waals surface area contributed by atoms with Crippen LogP contribution in [0, 0.1) is 0 Å². The smallest absolute Gasteiger partial charge is 0.225 e. The Labute approximate surface area is 103 Å². The molecule has 1 fully saturated rings. The summed E-state index contributed by atoms with van der Waals surface area (Å²) in [5, 5.41) is 0. The third kappa shape index (κ3) is 2.85. The highest BCUT2D eigenvalue weighted by atomic mass is 15.3. The molecule has 2 heterocycles. The van der Waals surface area contributed by atoms with Gasteiger partial charge >= 0.3 is 0 Å². The zero-order valence-corrected chi connectivity index (χ0v) is 10.6. The number of nitrogens with two attached hydrogens (primary N) is 1. The molecule has 1 aromatic rings. The molecule has 0 radical (unpaired) electrons. The lowest BCUT2D eigenvalue weighted by Crippen LogP contribution is -2.49. The van der Waals surface area contributed by atoms with Gasteiger partial charge in [-0.15, -0.1) is 0 Å². The van der Waals surface area contributed by atoms with Crippen LogP contribution < -0.4 is 10.6 Å². The minimum absolute atomic E-state index is 0.618. The Hall–Kier alpha value is -1.36. The van der Waals surface area contributed by atoms with Crippen LogP contribution in [-0.2, 0) is 0 Å². The van der Waals surface area contributed by atoms with Gasteiger partial charge in [0.25, 0.3) is 0 Å². The quantitative estimate of drug-likeness (QED) is 0.846. The van der Waals surface area contributed by atoms with Gasteiger partial charge in [-0.2, -0.15) is 0 Å². The Morgan fingerprint density at radius 3 is 2.35 bits per heavy atom. The summed E-state index contributed by atoms with van der Waals surface area (Å²) >= 11 is 0. The van der Waals surface area contributed by atoms with Crippen molar-refractivity contribution in [1.29, 1.82) is 0 Å². The summed E-state index contributed by atoms with van der Waals surface area (Å²) in [7, 11) is 0. The van der Waals surface area contributed by atoms with Gasteiger partial charge in [-0.3, -0.25) is 4.90 Å². The second-order valence-corrected chi connectivity index (χ2v) is 4.60. The maximum atomic E-state index is 5.58. The Balaban J connectivity index is 1.93. The lowest BCUT2D eigenvalue weighted by molar-refractivity contribution is 0.192. The number of nitrogens with zero attached hydrogens (tertiary/aromatic N) is 4. The SMILES string of the molecule is CCC(C)N1CCN(c2ncc(N)cn2)CC1. The average Bonchev–Trinajstić information content (AvgIpc) is 2.39. The largest absolute Gasteiger partial charge is 0.396 e. The van der Waals surface area contributed by atoms with E-state index in [1.54, 1.807) is 12.4 Å². The first-order valence-electron chi connectivity index (χ1n) is 6.27. The molecule has 1 aliphatic rings. The predicted octanol–water partition coefficient (Wildman–Crippen LogP) is 0.979. The number of nitrogen functional groups attached to an aromatic ring is 1. The molecule has 0 bridgehead atoms. The van der Waals surface area contributed by atoms with Crippen LogP contribution in [0.2, 0.25) is 0 Å². The molecule has 1 aromatic heterocycles. The van der Waals surface area contributed by atoms with E-state index in [0.717, 1.165) is 32.1 Å². The van der Waals surface area contributed by atoms with Crippen molar-refractivity contribution in [3.05, 3.63) is 12.4 Å². The van der Waals surface area contributed by atoms with E-state index in [2.05, 4.69) is 33.6 Å². The topological polar surface area (TPSA) is 58.3 Å². The molecular formula is C12H21N5. The van der Waals surface area contributed by atoms with Crippen LogP contribution in [0.1, 0.15) is 20.3 Å². The summed E-state index contributed by atoms with van der Waals surface area (Å²) in [6.07, 6.45) is 4.55. The van der Waals surface area contributed by atoms with Gasteiger partial charge in [-0.1, -0.05) is 6.92 Å². The standard InChI is InChI=1S/C12H21N5/c1-3-10(2)16-4-6-17(7-5-16)12-14-8-11(13)9-15-12/h8-10H,3-7,13H2,1-2H3. The maximum absolute atomic E-state index is 5.58. The van der Waals surface area contributed by atoms with E-state index in [1.165, 1.54) is 6.42 Å². The van der Waals surface area contributed by atoms with E-state index < -0.39 is 0 Å². The van der Waals surface area contributed by atoms with Crippen molar-refractivity contribution in [2.45, 2.75) is 26.3 Å². The van der Waals surface area contributed by atoms with E-state index >= 15 is 0 Å². The minimum atomic E-state index is 0.618. The highest BCUT2D eigenvalue weighted by molar-refractivity contribution is 5.38. The summed E-state index contributed by atoms with van der Waals surface area (Å²) in [4.78, 5) is 13.3. The molecule has 1 atom stereocenters. The molecule has 0 amide bonds. The molecule has 2 rings (SSSR count). The molecule has 1 saturated heterocycles. The van der Waals surface area contributed by atoms with Crippen molar-refractivity contribution < 1.29 is 0 Å². The van der Waals surface area contributed by atoms with Crippen LogP contribution >= 0.6 is 0 Å². The zero-order chi connectivity index (χ0) is 12.3. The molecule has 17 heavy (non-hydrogen) atoms. The van der Waals surface area contributed by atoms with Gasteiger partial charge in [0.2, 0.25) is 5.95 Å². The highest BCUT2D eigenvalue weighted by Crippen LogP contribution is 2.13. The highest BCUT2D eigenvalue weighted by Gasteiger charge is 2.21. The lowest BCUT2D eigenvalue weighted by atomic mass is 10.2. The maximum Gasteiger partial charge on any atom is 0.225 e. The third-order valence-electron chi connectivity index (χ3n) is 3.47. The number of rotatable bonds is 3. The van der Waals surface area contributed by atoms with Gasteiger partial charge in [-0.05, 0) is 13.3 Å². The van der Waals surface area contributed by atoms with Gasteiger partial charge in [0.1, 0.15) is 0 Å². The summed E-state index contributed by atoms with van der Waals surface area (Å²) in [6, 6.07) is 0.671. The number of hydrogen-bond donors (Lipinski definition) is 1. The summed E-state index contributed by atoms with van der Waals surface area (Å²) in [5.74, 6) is 0.794. The van der Waals surface area contributed by atoms with Crippen molar-refractivity contribution in [1.82, 2.24) is 14.9 Å².